The summed E-state index contributed by atoms with van der Waals surface area (Å²) in [6.45, 7) is 1.89. The normalized spacial score (nSPS) is 11.4. The summed E-state index contributed by atoms with van der Waals surface area (Å²) in [4.78, 5) is -0.0825. The van der Waals surface area contributed by atoms with Crippen LogP contribution in [0, 0.1) is 11.6 Å². The molecule has 0 bridgehead atoms. The molecule has 0 amide bonds. The summed E-state index contributed by atoms with van der Waals surface area (Å²) in [6.07, 6.45) is 0.673. The average molecular weight is 312 g/mol. The molecule has 0 aromatic heterocycles. The molecule has 0 radical (unpaired) electrons. The number of rotatable bonds is 4. The summed E-state index contributed by atoms with van der Waals surface area (Å²) in [5.74, 6) is -1.77. The molecular weight excluding hydrogens is 298 g/mol. The largest absolute Gasteiger partial charge is 0.398 e. The van der Waals surface area contributed by atoms with Crippen molar-refractivity contribution in [1.29, 1.82) is 0 Å². The van der Waals surface area contributed by atoms with Crippen molar-refractivity contribution in [3.8, 4) is 0 Å². The fourth-order valence-electron chi connectivity index (χ4n) is 1.84. The highest BCUT2D eigenvalue weighted by Crippen LogP contribution is 2.23. The van der Waals surface area contributed by atoms with E-state index < -0.39 is 21.7 Å². The van der Waals surface area contributed by atoms with E-state index in [1.165, 1.54) is 12.1 Å². The lowest BCUT2D eigenvalue weighted by atomic mass is 10.1. The molecule has 2 aromatic rings. The van der Waals surface area contributed by atoms with Crippen LogP contribution in [0.1, 0.15) is 12.5 Å². The zero-order valence-electron chi connectivity index (χ0n) is 11.2. The minimum absolute atomic E-state index is 0.0825. The van der Waals surface area contributed by atoms with Crippen molar-refractivity contribution < 1.29 is 17.2 Å². The number of aryl methyl sites for hydroxylation is 1. The molecule has 3 N–H and O–H groups in total. The number of nitrogens with two attached hydrogens (primary N) is 1. The molecule has 0 saturated carbocycles. The summed E-state index contributed by atoms with van der Waals surface area (Å²) in [5, 5.41) is 0. The van der Waals surface area contributed by atoms with Crippen LogP contribution >= 0.6 is 0 Å². The Labute approximate surface area is 121 Å². The number of anilines is 2. The molecule has 21 heavy (non-hydrogen) atoms. The number of hydrogen-bond acceptors (Lipinski definition) is 3. The predicted molar refractivity (Wildman–Crippen MR) is 77.4 cm³/mol. The maximum Gasteiger partial charge on any atom is 0.262 e. The second kappa shape index (κ2) is 5.69. The highest BCUT2D eigenvalue weighted by Gasteiger charge is 2.17. The molecular formula is C14H14F2N2O2S. The molecule has 0 spiro atoms. The van der Waals surface area contributed by atoms with Gasteiger partial charge in [0.2, 0.25) is 0 Å². The molecule has 0 aliphatic heterocycles. The summed E-state index contributed by atoms with van der Waals surface area (Å²) in [7, 11) is -3.99. The lowest BCUT2D eigenvalue weighted by Crippen LogP contribution is -2.14. The van der Waals surface area contributed by atoms with E-state index in [2.05, 4.69) is 4.72 Å². The quantitative estimate of drug-likeness (QED) is 0.853. The van der Waals surface area contributed by atoms with Gasteiger partial charge in [-0.1, -0.05) is 13.0 Å². The van der Waals surface area contributed by atoms with Crippen molar-refractivity contribution in [2.24, 2.45) is 0 Å². The van der Waals surface area contributed by atoms with Gasteiger partial charge >= 0.3 is 0 Å². The summed E-state index contributed by atoms with van der Waals surface area (Å²) < 4.78 is 52.7. The van der Waals surface area contributed by atoms with Gasteiger partial charge in [0.25, 0.3) is 10.0 Å². The summed E-state index contributed by atoms with van der Waals surface area (Å²) in [6, 6.07) is 6.89. The highest BCUT2D eigenvalue weighted by molar-refractivity contribution is 7.92. The summed E-state index contributed by atoms with van der Waals surface area (Å²) in [5.41, 5.74) is 6.60. The summed E-state index contributed by atoms with van der Waals surface area (Å²) >= 11 is 0. The van der Waals surface area contributed by atoms with Gasteiger partial charge in [0, 0.05) is 11.8 Å². The van der Waals surface area contributed by atoms with Gasteiger partial charge in [-0.05, 0) is 36.2 Å². The molecule has 0 saturated heterocycles. The molecule has 0 fully saturated rings. The van der Waals surface area contributed by atoms with E-state index >= 15 is 0 Å². The van der Waals surface area contributed by atoms with Crippen LogP contribution in [-0.4, -0.2) is 8.42 Å². The molecule has 2 rings (SSSR count). The Morgan fingerprint density at radius 1 is 1.14 bits per heavy atom. The Morgan fingerprint density at radius 2 is 1.86 bits per heavy atom. The van der Waals surface area contributed by atoms with Gasteiger partial charge in [-0.3, -0.25) is 4.72 Å². The van der Waals surface area contributed by atoms with Crippen molar-refractivity contribution in [2.75, 3.05) is 10.5 Å². The monoisotopic (exact) mass is 312 g/mol. The van der Waals surface area contributed by atoms with Crippen LogP contribution in [0.25, 0.3) is 0 Å². The van der Waals surface area contributed by atoms with Gasteiger partial charge in [0.05, 0.1) is 10.6 Å². The number of nitrogens with one attached hydrogen (secondary N) is 1. The Bertz CT molecular complexity index is 777. The van der Waals surface area contributed by atoms with Gasteiger partial charge < -0.3 is 5.73 Å². The molecule has 0 aliphatic rings. The van der Waals surface area contributed by atoms with Crippen molar-refractivity contribution in [3.05, 3.63) is 53.6 Å². The minimum atomic E-state index is -3.99. The standard InChI is InChI=1S/C14H14F2N2O2S/c1-2-9-3-5-11(8-13(9)17)21(19,20)18-14-6-4-10(15)7-12(14)16/h3-8,18H,2,17H2,1H3. The predicted octanol–water partition coefficient (Wildman–Crippen LogP) is 2.91. The lowest BCUT2D eigenvalue weighted by molar-refractivity contribution is 0.583. The molecule has 2 aromatic carbocycles. The first kappa shape index (κ1) is 15.2. The van der Waals surface area contributed by atoms with Gasteiger partial charge in [-0.25, -0.2) is 17.2 Å². The first-order valence-electron chi connectivity index (χ1n) is 6.19. The third-order valence-electron chi connectivity index (χ3n) is 2.98. The van der Waals surface area contributed by atoms with Crippen LogP contribution in [0.2, 0.25) is 0 Å². The third-order valence-corrected chi connectivity index (χ3v) is 4.35. The molecule has 4 nitrogen and oxygen atoms in total. The SMILES string of the molecule is CCc1ccc(S(=O)(=O)Nc2ccc(F)cc2F)cc1N. The Hall–Kier alpha value is -2.15. The number of halogens is 2. The molecule has 112 valence electrons. The zero-order chi connectivity index (χ0) is 15.6. The minimum Gasteiger partial charge on any atom is -0.398 e. The topological polar surface area (TPSA) is 72.2 Å². The van der Waals surface area contributed by atoms with E-state index in [-0.39, 0.29) is 10.6 Å². The van der Waals surface area contributed by atoms with Gasteiger partial charge in [0.1, 0.15) is 11.6 Å². The lowest BCUT2D eigenvalue weighted by Gasteiger charge is -2.11. The van der Waals surface area contributed by atoms with Crippen LogP contribution in [0.4, 0.5) is 20.2 Å². The van der Waals surface area contributed by atoms with Crippen molar-refractivity contribution in [1.82, 2.24) is 0 Å². The average Bonchev–Trinajstić information content (AvgIpc) is 2.42. The molecule has 7 heteroatoms. The number of hydrogen-bond donors (Lipinski definition) is 2. The fraction of sp³-hybridized carbons (Fsp3) is 0.143. The van der Waals surface area contributed by atoms with Gasteiger partial charge in [0.15, 0.2) is 0 Å². The maximum atomic E-state index is 13.5. The van der Waals surface area contributed by atoms with Crippen LogP contribution in [-0.2, 0) is 16.4 Å². The fourth-order valence-corrected chi connectivity index (χ4v) is 2.94. The van der Waals surface area contributed by atoms with Gasteiger partial charge in [-0.2, -0.15) is 0 Å². The van der Waals surface area contributed by atoms with Crippen LogP contribution in [0.3, 0.4) is 0 Å². The van der Waals surface area contributed by atoms with Crippen molar-refractivity contribution >= 4 is 21.4 Å². The third kappa shape index (κ3) is 3.30. The van der Waals surface area contributed by atoms with E-state index in [9.17, 15) is 17.2 Å². The number of sulfonamides is 1. The number of benzene rings is 2. The first-order valence-corrected chi connectivity index (χ1v) is 7.68. The maximum absolute atomic E-state index is 13.5. The van der Waals surface area contributed by atoms with E-state index in [1.54, 1.807) is 6.07 Å². The molecule has 0 atom stereocenters. The Balaban J connectivity index is 2.36. The van der Waals surface area contributed by atoms with E-state index in [1.807, 2.05) is 6.92 Å². The van der Waals surface area contributed by atoms with Crippen LogP contribution in [0.5, 0.6) is 0 Å². The van der Waals surface area contributed by atoms with Gasteiger partial charge in [-0.15, -0.1) is 0 Å². The number of nitrogen functional groups attached to an aromatic ring is 1. The molecule has 0 heterocycles. The van der Waals surface area contributed by atoms with E-state index in [0.29, 0.717) is 18.2 Å². The second-order valence-corrected chi connectivity index (χ2v) is 6.13. The van der Waals surface area contributed by atoms with Crippen molar-refractivity contribution in [3.63, 3.8) is 0 Å². The Morgan fingerprint density at radius 3 is 2.43 bits per heavy atom. The van der Waals surface area contributed by atoms with Crippen molar-refractivity contribution in [2.45, 2.75) is 18.2 Å². The first-order chi connectivity index (χ1) is 9.83. The highest BCUT2D eigenvalue weighted by atomic mass is 32.2. The van der Waals surface area contributed by atoms with Crippen LogP contribution < -0.4 is 10.5 Å². The smallest absolute Gasteiger partial charge is 0.262 e. The van der Waals surface area contributed by atoms with E-state index in [4.69, 9.17) is 5.73 Å². The second-order valence-electron chi connectivity index (χ2n) is 4.44. The zero-order valence-corrected chi connectivity index (χ0v) is 12.0. The molecule has 0 unspecified atom stereocenters. The van der Waals surface area contributed by atoms with Crippen LogP contribution in [0.15, 0.2) is 41.3 Å². The molecule has 0 aliphatic carbocycles. The van der Waals surface area contributed by atoms with E-state index in [0.717, 1.165) is 17.7 Å². The Kier molecular flexibility index (Phi) is 4.13.